The Hall–Kier alpha value is -3.76. The molecule has 0 N–H and O–H groups in total. The number of carbonyl (C=O) groups is 2. The number of benzene rings is 2. The van der Waals surface area contributed by atoms with E-state index in [0.717, 1.165) is 16.7 Å². The van der Waals surface area contributed by atoms with Gasteiger partial charge in [0, 0.05) is 34.9 Å². The Bertz CT molecular complexity index is 1330. The fourth-order valence-corrected chi connectivity index (χ4v) is 4.38. The van der Waals surface area contributed by atoms with Gasteiger partial charge in [0.25, 0.3) is 16.8 Å². The summed E-state index contributed by atoms with van der Waals surface area (Å²) in [5.74, 6) is 1.40. The predicted octanol–water partition coefficient (Wildman–Crippen LogP) is 5.47. The Morgan fingerprint density at radius 1 is 1.09 bits per heavy atom. The maximum atomic E-state index is 12.9. The Morgan fingerprint density at radius 2 is 1.82 bits per heavy atom. The summed E-state index contributed by atoms with van der Waals surface area (Å²) in [6.07, 6.45) is 1.49. The highest BCUT2D eigenvalue weighted by atomic mass is 35.5. The molecule has 11 heteroatoms. The van der Waals surface area contributed by atoms with Crippen LogP contribution >= 0.6 is 23.4 Å². The van der Waals surface area contributed by atoms with Crippen molar-refractivity contribution in [1.29, 1.82) is 0 Å². The Kier molecular flexibility index (Phi) is 5.31. The molecule has 2 aliphatic heterocycles. The number of furan rings is 1. The first-order chi connectivity index (χ1) is 15.9. The second kappa shape index (κ2) is 8.30. The molecule has 1 aromatic heterocycles. The summed E-state index contributed by atoms with van der Waals surface area (Å²) in [6, 6.07) is 12.5. The number of nitrogens with zero attached hydrogens (tertiary/aromatic N) is 2. The van der Waals surface area contributed by atoms with Gasteiger partial charge >= 0.3 is 0 Å². The first kappa shape index (κ1) is 21.1. The molecule has 0 atom stereocenters. The summed E-state index contributed by atoms with van der Waals surface area (Å²) in [6.45, 7) is 0.0775. The summed E-state index contributed by atoms with van der Waals surface area (Å²) in [4.78, 5) is 37.0. The van der Waals surface area contributed by atoms with Crippen LogP contribution in [0.3, 0.4) is 0 Å². The summed E-state index contributed by atoms with van der Waals surface area (Å²) in [5, 5.41) is 10.7. The van der Waals surface area contributed by atoms with E-state index in [9.17, 15) is 19.7 Å². The third kappa shape index (κ3) is 4.06. The number of non-ortho nitro benzene ring substituents is 1. The third-order valence-corrected chi connectivity index (χ3v) is 6.27. The molecule has 2 amide bonds. The van der Waals surface area contributed by atoms with Gasteiger partial charge in [-0.3, -0.25) is 24.6 Å². The molecular formula is C22H13ClN2O7S. The van der Waals surface area contributed by atoms with Gasteiger partial charge in [0.1, 0.15) is 11.5 Å². The highest BCUT2D eigenvalue weighted by molar-refractivity contribution is 8.18. The van der Waals surface area contributed by atoms with E-state index in [4.69, 9.17) is 25.5 Å². The molecule has 0 spiro atoms. The Labute approximate surface area is 195 Å². The number of imide groups is 1. The highest BCUT2D eigenvalue weighted by Crippen LogP contribution is 2.39. The zero-order valence-corrected chi connectivity index (χ0v) is 18.2. The molecule has 1 saturated heterocycles. The molecule has 2 aliphatic rings. The van der Waals surface area contributed by atoms with Gasteiger partial charge in [-0.15, -0.1) is 0 Å². The molecule has 166 valence electrons. The number of hydrogen-bond acceptors (Lipinski definition) is 8. The Morgan fingerprint density at radius 3 is 2.55 bits per heavy atom. The zero-order chi connectivity index (χ0) is 23.1. The number of nitro groups is 1. The number of ether oxygens (including phenoxy) is 2. The monoisotopic (exact) mass is 484 g/mol. The number of thioether (sulfide) groups is 1. The molecule has 33 heavy (non-hydrogen) atoms. The molecular weight excluding hydrogens is 472 g/mol. The van der Waals surface area contributed by atoms with Crippen LogP contribution in [0.2, 0.25) is 5.02 Å². The fourth-order valence-electron chi connectivity index (χ4n) is 3.35. The van der Waals surface area contributed by atoms with Crippen molar-refractivity contribution in [2.45, 2.75) is 6.54 Å². The second-order valence-corrected chi connectivity index (χ2v) is 8.47. The molecule has 0 aliphatic carbocycles. The Balaban J connectivity index is 1.34. The van der Waals surface area contributed by atoms with Crippen molar-refractivity contribution < 1.29 is 28.4 Å². The van der Waals surface area contributed by atoms with Crippen LogP contribution in [0.15, 0.2) is 57.9 Å². The van der Waals surface area contributed by atoms with Gasteiger partial charge in [0.15, 0.2) is 11.5 Å². The average molecular weight is 485 g/mol. The van der Waals surface area contributed by atoms with Crippen LogP contribution in [0.5, 0.6) is 11.5 Å². The SMILES string of the molecule is O=C1S/C(=C/c2ccc(-c3ccc([N+](=O)[O-])cc3)o2)C(=O)N1Cc1cc2c(cc1Cl)OCO2. The lowest BCUT2D eigenvalue weighted by Gasteiger charge is -2.14. The lowest BCUT2D eigenvalue weighted by Crippen LogP contribution is -2.27. The van der Waals surface area contributed by atoms with E-state index in [-0.39, 0.29) is 23.9 Å². The van der Waals surface area contributed by atoms with E-state index < -0.39 is 16.1 Å². The smallest absolute Gasteiger partial charge is 0.293 e. The first-order valence-electron chi connectivity index (χ1n) is 9.57. The molecule has 1 fully saturated rings. The normalized spacial score (nSPS) is 16.2. The molecule has 3 heterocycles. The average Bonchev–Trinajstić information content (AvgIpc) is 3.51. The molecule has 0 radical (unpaired) electrons. The standard InChI is InChI=1S/C22H13ClN2O7S/c23-16-9-19-18(30-11-31-19)7-13(16)10-24-21(26)20(33-22(24)27)8-15-5-6-17(32-15)12-1-3-14(4-2-12)25(28)29/h1-9H,10-11H2/b20-8+. The lowest BCUT2D eigenvalue weighted by atomic mass is 10.1. The first-order valence-corrected chi connectivity index (χ1v) is 10.8. The van der Waals surface area contributed by atoms with Crippen LogP contribution in [0, 0.1) is 10.1 Å². The maximum Gasteiger partial charge on any atom is 0.293 e. The third-order valence-electron chi connectivity index (χ3n) is 5.01. The van der Waals surface area contributed by atoms with Gasteiger partial charge in [-0.05, 0) is 47.7 Å². The second-order valence-electron chi connectivity index (χ2n) is 7.07. The maximum absolute atomic E-state index is 12.9. The minimum absolute atomic E-state index is 0.0102. The summed E-state index contributed by atoms with van der Waals surface area (Å²) in [5.41, 5.74) is 1.18. The molecule has 0 bridgehead atoms. The van der Waals surface area contributed by atoms with Crippen LogP contribution in [0.1, 0.15) is 11.3 Å². The van der Waals surface area contributed by atoms with Crippen LogP contribution in [-0.2, 0) is 11.3 Å². The molecule has 0 saturated carbocycles. The van der Waals surface area contributed by atoms with Crippen LogP contribution in [0.4, 0.5) is 10.5 Å². The molecule has 0 unspecified atom stereocenters. The minimum Gasteiger partial charge on any atom is -0.457 e. The molecule has 3 aromatic rings. The van der Waals surface area contributed by atoms with Crippen LogP contribution in [0.25, 0.3) is 17.4 Å². The van der Waals surface area contributed by atoms with Crippen LogP contribution < -0.4 is 9.47 Å². The molecule has 5 rings (SSSR count). The summed E-state index contributed by atoms with van der Waals surface area (Å²) < 4.78 is 16.4. The van der Waals surface area contributed by atoms with E-state index in [2.05, 4.69) is 0 Å². The highest BCUT2D eigenvalue weighted by Gasteiger charge is 2.36. The summed E-state index contributed by atoms with van der Waals surface area (Å²) >= 11 is 7.08. The van der Waals surface area contributed by atoms with E-state index in [1.54, 1.807) is 36.4 Å². The predicted molar refractivity (Wildman–Crippen MR) is 120 cm³/mol. The van der Waals surface area contributed by atoms with E-state index >= 15 is 0 Å². The van der Waals surface area contributed by atoms with Crippen molar-refractivity contribution in [1.82, 2.24) is 4.90 Å². The van der Waals surface area contributed by atoms with Gasteiger partial charge in [-0.1, -0.05) is 11.6 Å². The number of carbonyl (C=O) groups excluding carboxylic acids is 2. The molecule has 2 aromatic carbocycles. The largest absolute Gasteiger partial charge is 0.457 e. The topological polar surface area (TPSA) is 112 Å². The van der Waals surface area contributed by atoms with Gasteiger partial charge in [-0.25, -0.2) is 0 Å². The van der Waals surface area contributed by atoms with Crippen molar-refractivity contribution in [3.63, 3.8) is 0 Å². The van der Waals surface area contributed by atoms with Gasteiger partial charge in [0.2, 0.25) is 6.79 Å². The van der Waals surface area contributed by atoms with Crippen LogP contribution in [-0.4, -0.2) is 27.8 Å². The van der Waals surface area contributed by atoms with Crippen molar-refractivity contribution >= 4 is 46.3 Å². The molecule has 9 nitrogen and oxygen atoms in total. The van der Waals surface area contributed by atoms with Crippen molar-refractivity contribution in [3.05, 3.63) is 79.9 Å². The minimum atomic E-state index is -0.482. The number of amides is 2. The number of fused-ring (bicyclic) bond motifs is 1. The van der Waals surface area contributed by atoms with Crippen molar-refractivity contribution in [2.24, 2.45) is 0 Å². The summed E-state index contributed by atoms with van der Waals surface area (Å²) in [7, 11) is 0. The van der Waals surface area contributed by atoms with Crippen molar-refractivity contribution in [2.75, 3.05) is 6.79 Å². The van der Waals surface area contributed by atoms with E-state index in [0.29, 0.717) is 39.2 Å². The van der Waals surface area contributed by atoms with Gasteiger partial charge in [-0.2, -0.15) is 0 Å². The lowest BCUT2D eigenvalue weighted by molar-refractivity contribution is -0.384. The zero-order valence-electron chi connectivity index (χ0n) is 16.6. The van der Waals surface area contributed by atoms with Crippen molar-refractivity contribution in [3.8, 4) is 22.8 Å². The van der Waals surface area contributed by atoms with E-state index in [1.807, 2.05) is 0 Å². The number of rotatable bonds is 5. The quantitative estimate of drug-likeness (QED) is 0.266. The number of hydrogen-bond donors (Lipinski definition) is 0. The number of nitro benzene ring substituents is 1. The number of halogens is 1. The van der Waals surface area contributed by atoms with Gasteiger partial charge in [0.05, 0.1) is 16.4 Å². The fraction of sp³-hybridized carbons (Fsp3) is 0.0909. The van der Waals surface area contributed by atoms with E-state index in [1.165, 1.54) is 18.2 Å². The van der Waals surface area contributed by atoms with Gasteiger partial charge < -0.3 is 13.9 Å².